The highest BCUT2D eigenvalue weighted by atomic mass is 16.1. The van der Waals surface area contributed by atoms with Crippen molar-refractivity contribution >= 4 is 5.91 Å². The van der Waals surface area contributed by atoms with Gasteiger partial charge in [-0.3, -0.25) is 9.69 Å². The van der Waals surface area contributed by atoms with Gasteiger partial charge in [0.1, 0.15) is 0 Å². The zero-order chi connectivity index (χ0) is 15.1. The van der Waals surface area contributed by atoms with Crippen molar-refractivity contribution in [2.75, 3.05) is 26.2 Å². The van der Waals surface area contributed by atoms with Gasteiger partial charge in [-0.15, -0.1) is 0 Å². The molecule has 1 fully saturated rings. The Kier molecular flexibility index (Phi) is 6.21. The minimum absolute atomic E-state index is 0.145. The van der Waals surface area contributed by atoms with Gasteiger partial charge in [0, 0.05) is 19.6 Å². The summed E-state index contributed by atoms with van der Waals surface area (Å²) in [6.07, 6.45) is 0.953. The minimum atomic E-state index is 0.145. The van der Waals surface area contributed by atoms with Crippen LogP contribution < -0.4 is 10.6 Å². The van der Waals surface area contributed by atoms with Gasteiger partial charge in [0.25, 0.3) is 0 Å². The molecule has 1 atom stereocenters. The average Bonchev–Trinajstić information content (AvgIpc) is 3.06. The molecule has 21 heavy (non-hydrogen) atoms. The second-order valence-electron chi connectivity index (χ2n) is 5.69. The molecule has 4 heteroatoms. The third-order valence-electron chi connectivity index (χ3n) is 4.22. The van der Waals surface area contributed by atoms with Gasteiger partial charge in [-0.05, 0) is 37.2 Å². The lowest BCUT2D eigenvalue weighted by Crippen LogP contribution is -2.31. The second-order valence-corrected chi connectivity index (χ2v) is 5.69. The molecular weight excluding hydrogens is 262 g/mol. The van der Waals surface area contributed by atoms with E-state index in [4.69, 9.17) is 0 Å². The second kappa shape index (κ2) is 8.15. The van der Waals surface area contributed by atoms with Crippen molar-refractivity contribution in [1.29, 1.82) is 0 Å². The number of benzene rings is 1. The highest BCUT2D eigenvalue weighted by Crippen LogP contribution is 2.10. The third kappa shape index (κ3) is 4.83. The monoisotopic (exact) mass is 289 g/mol. The molecule has 0 saturated carbocycles. The van der Waals surface area contributed by atoms with Crippen LogP contribution in [0, 0.1) is 5.92 Å². The maximum absolute atomic E-state index is 12.0. The van der Waals surface area contributed by atoms with Crippen molar-refractivity contribution in [3.05, 3.63) is 35.4 Å². The number of rotatable bonds is 7. The maximum Gasteiger partial charge on any atom is 0.224 e. The lowest BCUT2D eigenvalue weighted by molar-refractivity contribution is -0.124. The van der Waals surface area contributed by atoms with Crippen molar-refractivity contribution < 1.29 is 4.79 Å². The molecule has 0 radical (unpaired) electrons. The number of hydrogen-bond acceptors (Lipinski definition) is 3. The lowest BCUT2D eigenvalue weighted by Gasteiger charge is -2.18. The summed E-state index contributed by atoms with van der Waals surface area (Å²) in [5.74, 6) is 0.319. The molecule has 1 amide bonds. The van der Waals surface area contributed by atoms with E-state index < -0.39 is 0 Å². The Hall–Kier alpha value is -1.39. The van der Waals surface area contributed by atoms with Gasteiger partial charge in [0.2, 0.25) is 5.91 Å². The smallest absolute Gasteiger partial charge is 0.224 e. The van der Waals surface area contributed by atoms with Crippen LogP contribution in [0.3, 0.4) is 0 Å². The van der Waals surface area contributed by atoms with Gasteiger partial charge >= 0.3 is 0 Å². The molecule has 2 rings (SSSR count). The van der Waals surface area contributed by atoms with Crippen LogP contribution in [-0.2, 0) is 17.9 Å². The van der Waals surface area contributed by atoms with Gasteiger partial charge in [-0.25, -0.2) is 0 Å². The topological polar surface area (TPSA) is 44.4 Å². The first kappa shape index (κ1) is 16.0. The van der Waals surface area contributed by atoms with Crippen LogP contribution in [0.2, 0.25) is 0 Å². The van der Waals surface area contributed by atoms with E-state index >= 15 is 0 Å². The van der Waals surface area contributed by atoms with E-state index in [-0.39, 0.29) is 11.8 Å². The zero-order valence-electron chi connectivity index (χ0n) is 13.2. The maximum atomic E-state index is 12.0. The first-order chi connectivity index (χ1) is 10.2. The molecule has 4 nitrogen and oxygen atoms in total. The molecule has 1 heterocycles. The van der Waals surface area contributed by atoms with Crippen molar-refractivity contribution in [1.82, 2.24) is 15.5 Å². The molecular formula is C17H27N3O. The Morgan fingerprint density at radius 3 is 2.48 bits per heavy atom. The summed E-state index contributed by atoms with van der Waals surface area (Å²) < 4.78 is 0. The highest BCUT2D eigenvalue weighted by Gasteiger charge is 2.21. The van der Waals surface area contributed by atoms with Gasteiger partial charge < -0.3 is 10.6 Å². The van der Waals surface area contributed by atoms with Gasteiger partial charge in [0.05, 0.1) is 5.92 Å². The molecule has 1 aliphatic heterocycles. The normalized spacial score (nSPS) is 18.1. The summed E-state index contributed by atoms with van der Waals surface area (Å²) >= 11 is 0. The van der Waals surface area contributed by atoms with Crippen LogP contribution in [-0.4, -0.2) is 37.0 Å². The van der Waals surface area contributed by atoms with Crippen LogP contribution >= 0.6 is 0 Å². The summed E-state index contributed by atoms with van der Waals surface area (Å²) in [5, 5.41) is 6.26. The van der Waals surface area contributed by atoms with E-state index in [9.17, 15) is 4.79 Å². The van der Waals surface area contributed by atoms with Crippen LogP contribution in [0.5, 0.6) is 0 Å². The standard InChI is InChI=1S/C17H27N3O/c1-3-20(4-2)13-15-7-5-14(6-8-15)11-19-17(21)16-9-10-18-12-16/h5-8,16,18H,3-4,9-13H2,1-2H3,(H,19,21). The summed E-state index contributed by atoms with van der Waals surface area (Å²) in [5.41, 5.74) is 2.49. The fourth-order valence-corrected chi connectivity index (χ4v) is 2.68. The Morgan fingerprint density at radius 2 is 1.90 bits per heavy atom. The Morgan fingerprint density at radius 1 is 1.24 bits per heavy atom. The molecule has 2 N–H and O–H groups in total. The first-order valence-corrected chi connectivity index (χ1v) is 8.01. The van der Waals surface area contributed by atoms with E-state index in [1.807, 2.05) is 0 Å². The molecule has 0 bridgehead atoms. The summed E-state index contributed by atoms with van der Waals surface area (Å²) in [6.45, 7) is 9.91. The van der Waals surface area contributed by atoms with Crippen molar-refractivity contribution in [3.63, 3.8) is 0 Å². The van der Waals surface area contributed by atoms with Gasteiger partial charge in [0.15, 0.2) is 0 Å². The quantitative estimate of drug-likeness (QED) is 0.804. The summed E-state index contributed by atoms with van der Waals surface area (Å²) in [6, 6.07) is 8.56. The summed E-state index contributed by atoms with van der Waals surface area (Å²) in [4.78, 5) is 14.3. The van der Waals surface area contributed by atoms with Crippen LogP contribution in [0.4, 0.5) is 0 Å². The highest BCUT2D eigenvalue weighted by molar-refractivity contribution is 5.79. The molecule has 116 valence electrons. The molecule has 1 unspecified atom stereocenters. The summed E-state index contributed by atoms with van der Waals surface area (Å²) in [7, 11) is 0. The molecule has 1 aromatic carbocycles. The number of carbonyl (C=O) groups excluding carboxylic acids is 1. The fraction of sp³-hybridized carbons (Fsp3) is 0.588. The van der Waals surface area contributed by atoms with E-state index in [2.05, 4.69) is 53.6 Å². The molecule has 1 aliphatic rings. The van der Waals surface area contributed by atoms with Crippen molar-refractivity contribution in [3.8, 4) is 0 Å². The number of hydrogen-bond donors (Lipinski definition) is 2. The van der Waals surface area contributed by atoms with Crippen LogP contribution in [0.1, 0.15) is 31.4 Å². The Balaban J connectivity index is 1.80. The predicted molar refractivity (Wildman–Crippen MR) is 85.9 cm³/mol. The molecule has 0 aliphatic carbocycles. The van der Waals surface area contributed by atoms with Crippen molar-refractivity contribution in [2.45, 2.75) is 33.4 Å². The first-order valence-electron chi connectivity index (χ1n) is 8.01. The van der Waals surface area contributed by atoms with Crippen LogP contribution in [0.25, 0.3) is 0 Å². The molecule has 1 aromatic rings. The van der Waals surface area contributed by atoms with E-state index in [1.54, 1.807) is 0 Å². The third-order valence-corrected chi connectivity index (χ3v) is 4.22. The van der Waals surface area contributed by atoms with Crippen molar-refractivity contribution in [2.24, 2.45) is 5.92 Å². The average molecular weight is 289 g/mol. The number of nitrogens with one attached hydrogen (secondary N) is 2. The van der Waals surface area contributed by atoms with E-state index in [1.165, 1.54) is 5.56 Å². The molecule has 0 spiro atoms. The number of amides is 1. The zero-order valence-corrected chi connectivity index (χ0v) is 13.2. The van der Waals surface area contributed by atoms with E-state index in [0.29, 0.717) is 6.54 Å². The minimum Gasteiger partial charge on any atom is -0.352 e. The fourth-order valence-electron chi connectivity index (χ4n) is 2.68. The van der Waals surface area contributed by atoms with E-state index in [0.717, 1.165) is 44.7 Å². The Bertz CT molecular complexity index is 434. The van der Waals surface area contributed by atoms with Crippen LogP contribution in [0.15, 0.2) is 24.3 Å². The molecule has 1 saturated heterocycles. The van der Waals surface area contributed by atoms with Gasteiger partial charge in [-0.2, -0.15) is 0 Å². The number of carbonyl (C=O) groups is 1. The lowest BCUT2D eigenvalue weighted by atomic mass is 10.1. The molecule has 0 aromatic heterocycles. The SMILES string of the molecule is CCN(CC)Cc1ccc(CNC(=O)C2CCNC2)cc1. The number of nitrogens with zero attached hydrogens (tertiary/aromatic N) is 1. The predicted octanol–water partition coefficient (Wildman–Crippen LogP) is 1.75. The van der Waals surface area contributed by atoms with Gasteiger partial charge in [-0.1, -0.05) is 38.1 Å². The Labute approximate surface area is 127 Å². The largest absolute Gasteiger partial charge is 0.352 e.